The zero-order valence-corrected chi connectivity index (χ0v) is 14.0. The van der Waals surface area contributed by atoms with E-state index in [9.17, 15) is 4.79 Å². The maximum atomic E-state index is 12.3. The first-order chi connectivity index (χ1) is 12.2. The molecule has 128 valence electrons. The van der Waals surface area contributed by atoms with Gasteiger partial charge in [-0.05, 0) is 18.9 Å². The first-order valence-corrected chi connectivity index (χ1v) is 8.29. The van der Waals surface area contributed by atoms with Gasteiger partial charge in [-0.25, -0.2) is 15.0 Å². The summed E-state index contributed by atoms with van der Waals surface area (Å²) < 4.78 is 1.73. The first-order valence-electron chi connectivity index (χ1n) is 8.29. The fourth-order valence-corrected chi connectivity index (χ4v) is 3.22. The molecule has 8 nitrogen and oxygen atoms in total. The van der Waals surface area contributed by atoms with Crippen molar-refractivity contribution in [2.24, 2.45) is 7.05 Å². The molecule has 8 heteroatoms. The van der Waals surface area contributed by atoms with Crippen molar-refractivity contribution in [2.45, 2.75) is 18.9 Å². The van der Waals surface area contributed by atoms with Crippen molar-refractivity contribution in [3.8, 4) is 0 Å². The van der Waals surface area contributed by atoms with Gasteiger partial charge < -0.3 is 14.8 Å². The lowest BCUT2D eigenvalue weighted by molar-refractivity contribution is 0.0923. The van der Waals surface area contributed by atoms with Crippen LogP contribution in [0.2, 0.25) is 0 Å². The summed E-state index contributed by atoms with van der Waals surface area (Å²) in [6.45, 7) is 1.68. The Morgan fingerprint density at radius 2 is 2.04 bits per heavy atom. The van der Waals surface area contributed by atoms with Gasteiger partial charge in [0.05, 0.1) is 24.2 Å². The van der Waals surface area contributed by atoms with Crippen molar-refractivity contribution in [1.29, 1.82) is 0 Å². The van der Waals surface area contributed by atoms with E-state index in [-0.39, 0.29) is 11.9 Å². The van der Waals surface area contributed by atoms with Crippen LogP contribution in [0.5, 0.6) is 0 Å². The zero-order valence-electron chi connectivity index (χ0n) is 14.0. The van der Waals surface area contributed by atoms with Crippen LogP contribution in [0, 0.1) is 0 Å². The Morgan fingerprint density at radius 3 is 2.80 bits per heavy atom. The van der Waals surface area contributed by atoms with Crippen LogP contribution in [0.1, 0.15) is 23.3 Å². The number of nitrogens with one attached hydrogen (secondary N) is 1. The molecule has 4 rings (SSSR count). The monoisotopic (exact) mass is 337 g/mol. The molecule has 4 heterocycles. The number of carbonyl (C=O) groups excluding carboxylic acids is 1. The molecule has 0 aliphatic carbocycles. The lowest BCUT2D eigenvalue weighted by Gasteiger charge is -2.33. The van der Waals surface area contributed by atoms with Gasteiger partial charge in [0, 0.05) is 37.8 Å². The molecule has 1 fully saturated rings. The minimum Gasteiger partial charge on any atom is -0.356 e. The number of imidazole rings is 1. The smallest absolute Gasteiger partial charge is 0.269 e. The molecule has 25 heavy (non-hydrogen) atoms. The summed E-state index contributed by atoms with van der Waals surface area (Å²) in [5.74, 6) is 0.862. The fraction of sp³-hybridized carbons (Fsp3) is 0.353. The van der Waals surface area contributed by atoms with E-state index in [0.29, 0.717) is 5.69 Å². The van der Waals surface area contributed by atoms with Crippen LogP contribution in [-0.4, -0.2) is 49.5 Å². The molecule has 0 spiro atoms. The van der Waals surface area contributed by atoms with Gasteiger partial charge in [0.15, 0.2) is 0 Å². The Labute approximate surface area is 144 Å². The maximum absolute atomic E-state index is 12.3. The van der Waals surface area contributed by atoms with Gasteiger partial charge in [0.2, 0.25) is 0 Å². The molecule has 0 saturated carbocycles. The summed E-state index contributed by atoms with van der Waals surface area (Å²) in [5, 5.41) is 4.11. The fourth-order valence-electron chi connectivity index (χ4n) is 3.22. The van der Waals surface area contributed by atoms with Crippen LogP contribution >= 0.6 is 0 Å². The van der Waals surface area contributed by atoms with Gasteiger partial charge in [-0.2, -0.15) is 0 Å². The number of pyridine rings is 1. The summed E-state index contributed by atoms with van der Waals surface area (Å²) in [7, 11) is 1.82. The second-order valence-electron chi connectivity index (χ2n) is 6.21. The minimum absolute atomic E-state index is 0.0722. The van der Waals surface area contributed by atoms with Gasteiger partial charge in [-0.3, -0.25) is 9.78 Å². The number of amides is 1. The highest BCUT2D eigenvalue weighted by Gasteiger charge is 2.23. The molecule has 0 atom stereocenters. The molecule has 1 saturated heterocycles. The Kier molecular flexibility index (Phi) is 4.01. The summed E-state index contributed by atoms with van der Waals surface area (Å²) >= 11 is 0. The summed E-state index contributed by atoms with van der Waals surface area (Å²) in [5.41, 5.74) is 1.43. The molecule has 1 N–H and O–H groups in total. The Bertz CT molecular complexity index is 893. The number of aryl methyl sites for hydroxylation is 1. The van der Waals surface area contributed by atoms with Crippen LogP contribution in [-0.2, 0) is 7.05 Å². The normalized spacial score (nSPS) is 15.5. The van der Waals surface area contributed by atoms with Gasteiger partial charge >= 0.3 is 0 Å². The van der Waals surface area contributed by atoms with Gasteiger partial charge in [0.25, 0.3) is 5.91 Å². The first kappa shape index (κ1) is 15.5. The zero-order chi connectivity index (χ0) is 17.2. The van der Waals surface area contributed by atoms with Crippen LogP contribution in [0.4, 0.5) is 5.82 Å². The van der Waals surface area contributed by atoms with E-state index in [1.807, 2.05) is 13.1 Å². The van der Waals surface area contributed by atoms with Crippen molar-refractivity contribution in [1.82, 2.24) is 29.8 Å². The lowest BCUT2D eigenvalue weighted by atomic mass is 10.0. The average Bonchev–Trinajstić information content (AvgIpc) is 3.08. The summed E-state index contributed by atoms with van der Waals surface area (Å²) in [6.07, 6.45) is 10.1. The standard InChI is InChI=1S/C17H19N7O/c1-23-11-19-9-15(23)17(25)22-12-3-6-24(7-4-12)16-13-2-5-18-8-14(13)20-10-21-16/h2,5,8-12H,3-4,6-7H2,1H3,(H,22,25). The average molecular weight is 337 g/mol. The Balaban J connectivity index is 1.43. The van der Waals surface area contributed by atoms with Crippen LogP contribution in [0.25, 0.3) is 10.9 Å². The highest BCUT2D eigenvalue weighted by atomic mass is 16.2. The number of carbonyl (C=O) groups is 1. The number of anilines is 1. The lowest BCUT2D eigenvalue weighted by Crippen LogP contribution is -2.45. The quantitative estimate of drug-likeness (QED) is 0.771. The predicted octanol–water partition coefficient (Wildman–Crippen LogP) is 1.16. The van der Waals surface area contributed by atoms with Crippen LogP contribution < -0.4 is 10.2 Å². The second-order valence-corrected chi connectivity index (χ2v) is 6.21. The van der Waals surface area contributed by atoms with Crippen molar-refractivity contribution in [3.63, 3.8) is 0 Å². The highest BCUT2D eigenvalue weighted by Crippen LogP contribution is 2.25. The summed E-state index contributed by atoms with van der Waals surface area (Å²) in [4.78, 5) is 31.4. The molecular weight excluding hydrogens is 318 g/mol. The van der Waals surface area contributed by atoms with E-state index in [1.165, 1.54) is 0 Å². The molecule has 1 aliphatic heterocycles. The van der Waals surface area contributed by atoms with E-state index in [0.717, 1.165) is 42.7 Å². The number of hydrogen-bond acceptors (Lipinski definition) is 6. The Morgan fingerprint density at radius 1 is 1.20 bits per heavy atom. The van der Waals surface area contributed by atoms with E-state index in [1.54, 1.807) is 35.8 Å². The highest BCUT2D eigenvalue weighted by molar-refractivity contribution is 5.92. The SMILES string of the molecule is Cn1cncc1C(=O)NC1CCN(c2ncnc3cnccc23)CC1. The third-order valence-corrected chi connectivity index (χ3v) is 4.60. The molecule has 0 bridgehead atoms. The van der Waals surface area contributed by atoms with Crippen molar-refractivity contribution >= 4 is 22.6 Å². The molecular formula is C17H19N7O. The van der Waals surface area contributed by atoms with Crippen molar-refractivity contribution in [3.05, 3.63) is 43.0 Å². The van der Waals surface area contributed by atoms with E-state index < -0.39 is 0 Å². The van der Waals surface area contributed by atoms with Crippen LogP contribution in [0.15, 0.2) is 37.3 Å². The van der Waals surface area contributed by atoms with Crippen molar-refractivity contribution < 1.29 is 4.79 Å². The van der Waals surface area contributed by atoms with E-state index in [4.69, 9.17) is 0 Å². The number of nitrogens with zero attached hydrogens (tertiary/aromatic N) is 6. The predicted molar refractivity (Wildman–Crippen MR) is 93.2 cm³/mol. The Hall–Kier alpha value is -3.03. The molecule has 3 aromatic rings. The largest absolute Gasteiger partial charge is 0.356 e. The number of fused-ring (bicyclic) bond motifs is 1. The van der Waals surface area contributed by atoms with Gasteiger partial charge in [0.1, 0.15) is 17.8 Å². The van der Waals surface area contributed by atoms with Crippen LogP contribution in [0.3, 0.4) is 0 Å². The molecule has 1 amide bonds. The van der Waals surface area contributed by atoms with Gasteiger partial charge in [-0.1, -0.05) is 0 Å². The third kappa shape index (κ3) is 3.02. The molecule has 0 unspecified atom stereocenters. The molecule has 0 aromatic carbocycles. The minimum atomic E-state index is -0.0722. The van der Waals surface area contributed by atoms with Crippen molar-refractivity contribution in [2.75, 3.05) is 18.0 Å². The summed E-state index contributed by atoms with van der Waals surface area (Å²) in [6, 6.07) is 2.11. The van der Waals surface area contributed by atoms with Gasteiger partial charge in [-0.15, -0.1) is 0 Å². The molecule has 0 radical (unpaired) electrons. The van der Waals surface area contributed by atoms with E-state index in [2.05, 4.69) is 30.2 Å². The van der Waals surface area contributed by atoms with E-state index >= 15 is 0 Å². The molecule has 3 aromatic heterocycles. The molecule has 1 aliphatic rings. The second kappa shape index (κ2) is 6.46. The number of rotatable bonds is 3. The maximum Gasteiger partial charge on any atom is 0.269 e. The number of hydrogen-bond donors (Lipinski definition) is 1. The third-order valence-electron chi connectivity index (χ3n) is 4.60. The topological polar surface area (TPSA) is 88.8 Å². The number of aromatic nitrogens is 5. The number of piperidine rings is 1.